The third-order valence-electron chi connectivity index (χ3n) is 2.89. The summed E-state index contributed by atoms with van der Waals surface area (Å²) in [6, 6.07) is 0.464. The molecule has 1 aromatic rings. The molecular formula is C10H16N4. The molecule has 2 heterocycles. The van der Waals surface area contributed by atoms with E-state index in [2.05, 4.69) is 14.9 Å². The van der Waals surface area contributed by atoms with E-state index >= 15 is 0 Å². The lowest BCUT2D eigenvalue weighted by Crippen LogP contribution is -2.52. The second-order valence-corrected chi connectivity index (χ2v) is 3.77. The molecule has 1 saturated heterocycles. The van der Waals surface area contributed by atoms with Crippen molar-refractivity contribution in [2.24, 2.45) is 5.73 Å². The Balaban J connectivity index is 2.20. The van der Waals surface area contributed by atoms with Gasteiger partial charge in [0.15, 0.2) is 0 Å². The summed E-state index contributed by atoms with van der Waals surface area (Å²) in [5, 5.41) is 0. The number of hydrogen-bond donors (Lipinski definition) is 1. The molecule has 2 rings (SSSR count). The second-order valence-electron chi connectivity index (χ2n) is 3.77. The molecule has 76 valence electrons. The highest BCUT2D eigenvalue weighted by molar-refractivity contribution is 5.42. The number of nitrogens with zero attached hydrogens (tertiary/aromatic N) is 3. The second kappa shape index (κ2) is 3.53. The Morgan fingerprint density at radius 3 is 2.79 bits per heavy atom. The number of hydrogen-bond acceptors (Lipinski definition) is 4. The van der Waals surface area contributed by atoms with Crippen molar-refractivity contribution in [1.82, 2.24) is 9.97 Å². The van der Waals surface area contributed by atoms with E-state index in [-0.39, 0.29) is 0 Å². The van der Waals surface area contributed by atoms with E-state index in [4.69, 9.17) is 5.73 Å². The van der Waals surface area contributed by atoms with Crippen LogP contribution in [0.25, 0.3) is 0 Å². The maximum Gasteiger partial charge on any atom is 0.147 e. The summed E-state index contributed by atoms with van der Waals surface area (Å²) in [4.78, 5) is 11.0. The molecule has 1 atom stereocenters. The normalized spacial score (nSPS) is 20.8. The molecule has 0 aromatic carbocycles. The molecule has 0 bridgehead atoms. The molecular weight excluding hydrogens is 176 g/mol. The number of aryl methyl sites for hydroxylation is 2. The van der Waals surface area contributed by atoms with E-state index in [9.17, 15) is 0 Å². The van der Waals surface area contributed by atoms with Crippen LogP contribution >= 0.6 is 0 Å². The summed E-state index contributed by atoms with van der Waals surface area (Å²) in [5.74, 6) is 0.967. The predicted molar refractivity (Wildman–Crippen MR) is 56.3 cm³/mol. The third-order valence-corrected chi connectivity index (χ3v) is 2.89. The summed E-state index contributed by atoms with van der Waals surface area (Å²) < 4.78 is 0. The van der Waals surface area contributed by atoms with Crippen molar-refractivity contribution < 1.29 is 0 Å². The first-order valence-corrected chi connectivity index (χ1v) is 4.99. The summed E-state index contributed by atoms with van der Waals surface area (Å²) in [7, 11) is 0. The zero-order valence-corrected chi connectivity index (χ0v) is 8.70. The molecule has 4 nitrogen and oxygen atoms in total. The van der Waals surface area contributed by atoms with Crippen LogP contribution in [0.3, 0.4) is 0 Å². The lowest BCUT2D eigenvalue weighted by atomic mass is 10.0. The molecule has 0 saturated carbocycles. The van der Waals surface area contributed by atoms with Gasteiger partial charge >= 0.3 is 0 Å². The first-order chi connectivity index (χ1) is 6.72. The van der Waals surface area contributed by atoms with Crippen molar-refractivity contribution in [3.05, 3.63) is 17.6 Å². The highest BCUT2D eigenvalue weighted by Crippen LogP contribution is 2.23. The van der Waals surface area contributed by atoms with Crippen molar-refractivity contribution >= 4 is 5.82 Å². The Morgan fingerprint density at radius 2 is 2.29 bits per heavy atom. The van der Waals surface area contributed by atoms with E-state index in [0.29, 0.717) is 12.6 Å². The fourth-order valence-corrected chi connectivity index (χ4v) is 1.66. The van der Waals surface area contributed by atoms with Crippen LogP contribution in [0.4, 0.5) is 5.82 Å². The molecule has 0 radical (unpaired) electrons. The van der Waals surface area contributed by atoms with Gasteiger partial charge in [-0.25, -0.2) is 4.98 Å². The molecule has 2 N–H and O–H groups in total. The molecule has 1 aliphatic heterocycles. The van der Waals surface area contributed by atoms with E-state index in [1.165, 1.54) is 6.42 Å². The Morgan fingerprint density at radius 1 is 1.50 bits per heavy atom. The van der Waals surface area contributed by atoms with E-state index in [0.717, 1.165) is 23.8 Å². The van der Waals surface area contributed by atoms with Crippen LogP contribution in [0.2, 0.25) is 0 Å². The minimum atomic E-state index is 0.464. The van der Waals surface area contributed by atoms with Gasteiger partial charge in [0.2, 0.25) is 0 Å². The predicted octanol–water partition coefficient (Wildman–Crippen LogP) is 0.631. The van der Waals surface area contributed by atoms with Crippen molar-refractivity contribution in [2.45, 2.75) is 26.3 Å². The molecule has 0 amide bonds. The Hall–Kier alpha value is -1.16. The summed E-state index contributed by atoms with van der Waals surface area (Å²) >= 11 is 0. The van der Waals surface area contributed by atoms with Gasteiger partial charge in [0, 0.05) is 19.1 Å². The lowest BCUT2D eigenvalue weighted by molar-refractivity contribution is 0.451. The average Bonchev–Trinajstić information content (AvgIpc) is 2.10. The fraction of sp³-hybridized carbons (Fsp3) is 0.600. The molecule has 4 heteroatoms. The maximum atomic E-state index is 5.64. The van der Waals surface area contributed by atoms with Crippen LogP contribution < -0.4 is 10.6 Å². The standard InChI is InChI=1S/C10H16N4/c1-7-8(2)13-10(6-12-7)14-4-3-9(14)5-11/h6,9H,3-5,11H2,1-2H3. The van der Waals surface area contributed by atoms with Gasteiger partial charge in [-0.05, 0) is 20.3 Å². The van der Waals surface area contributed by atoms with Crippen LogP contribution in [0, 0.1) is 13.8 Å². The molecule has 0 spiro atoms. The molecule has 1 fully saturated rings. The SMILES string of the molecule is Cc1ncc(N2CCC2CN)nc1C. The molecule has 0 aliphatic carbocycles. The van der Waals surface area contributed by atoms with Gasteiger partial charge in [0.1, 0.15) is 5.82 Å². The van der Waals surface area contributed by atoms with Gasteiger partial charge in [0.05, 0.1) is 17.6 Å². The largest absolute Gasteiger partial charge is 0.351 e. The molecule has 1 aromatic heterocycles. The highest BCUT2D eigenvalue weighted by Gasteiger charge is 2.27. The Bertz CT molecular complexity index is 335. The number of nitrogens with two attached hydrogens (primary N) is 1. The topological polar surface area (TPSA) is 55.0 Å². The number of aromatic nitrogens is 2. The third kappa shape index (κ3) is 1.46. The number of rotatable bonds is 2. The summed E-state index contributed by atoms with van der Waals surface area (Å²) in [5.41, 5.74) is 7.64. The fourth-order valence-electron chi connectivity index (χ4n) is 1.66. The lowest BCUT2D eigenvalue weighted by Gasteiger charge is -2.41. The van der Waals surface area contributed by atoms with Crippen molar-refractivity contribution in [1.29, 1.82) is 0 Å². The van der Waals surface area contributed by atoms with E-state index in [1.807, 2.05) is 20.0 Å². The smallest absolute Gasteiger partial charge is 0.147 e. The molecule has 1 unspecified atom stereocenters. The zero-order valence-electron chi connectivity index (χ0n) is 8.70. The molecule has 1 aliphatic rings. The Labute approximate surface area is 84.2 Å². The first-order valence-electron chi connectivity index (χ1n) is 4.99. The van der Waals surface area contributed by atoms with E-state index < -0.39 is 0 Å². The van der Waals surface area contributed by atoms with Gasteiger partial charge in [0.25, 0.3) is 0 Å². The molecule has 14 heavy (non-hydrogen) atoms. The van der Waals surface area contributed by atoms with Crippen LogP contribution in [-0.2, 0) is 0 Å². The monoisotopic (exact) mass is 192 g/mol. The van der Waals surface area contributed by atoms with Crippen LogP contribution in [0.1, 0.15) is 17.8 Å². The van der Waals surface area contributed by atoms with Gasteiger partial charge in [-0.2, -0.15) is 0 Å². The number of anilines is 1. The zero-order chi connectivity index (χ0) is 10.1. The Kier molecular flexibility index (Phi) is 2.37. The van der Waals surface area contributed by atoms with Crippen LogP contribution in [-0.4, -0.2) is 29.1 Å². The minimum Gasteiger partial charge on any atom is -0.351 e. The van der Waals surface area contributed by atoms with Crippen molar-refractivity contribution in [3.8, 4) is 0 Å². The quantitative estimate of drug-likeness (QED) is 0.746. The van der Waals surface area contributed by atoms with Gasteiger partial charge in [-0.1, -0.05) is 0 Å². The van der Waals surface area contributed by atoms with Gasteiger partial charge < -0.3 is 10.6 Å². The van der Waals surface area contributed by atoms with Crippen molar-refractivity contribution in [2.75, 3.05) is 18.0 Å². The first kappa shape index (κ1) is 9.40. The average molecular weight is 192 g/mol. The van der Waals surface area contributed by atoms with Gasteiger partial charge in [-0.15, -0.1) is 0 Å². The van der Waals surface area contributed by atoms with Gasteiger partial charge in [-0.3, -0.25) is 4.98 Å². The van der Waals surface area contributed by atoms with Crippen LogP contribution in [0.15, 0.2) is 6.20 Å². The minimum absolute atomic E-state index is 0.464. The maximum absolute atomic E-state index is 5.64. The highest BCUT2D eigenvalue weighted by atomic mass is 15.3. The van der Waals surface area contributed by atoms with Crippen LogP contribution in [0.5, 0.6) is 0 Å². The summed E-state index contributed by atoms with van der Waals surface area (Å²) in [6.07, 6.45) is 3.01. The van der Waals surface area contributed by atoms with E-state index in [1.54, 1.807) is 0 Å². The van der Waals surface area contributed by atoms with Crippen molar-refractivity contribution in [3.63, 3.8) is 0 Å². The summed E-state index contributed by atoms with van der Waals surface area (Å²) in [6.45, 7) is 5.72.